The monoisotopic (exact) mass is 420 g/mol. The number of aromatic amines is 2. The van der Waals surface area contributed by atoms with Crippen molar-refractivity contribution in [2.75, 3.05) is 0 Å². The van der Waals surface area contributed by atoms with Gasteiger partial charge in [0.15, 0.2) is 24.8 Å². The molecule has 0 amide bonds. The number of benzene rings is 2. The lowest BCUT2D eigenvalue weighted by Crippen LogP contribution is -2.28. The lowest BCUT2D eigenvalue weighted by atomic mass is 10.2. The molecule has 5 heteroatoms. The van der Waals surface area contributed by atoms with Gasteiger partial charge in [-0.3, -0.25) is 0 Å². The molecule has 0 fully saturated rings. The third-order valence-electron chi connectivity index (χ3n) is 5.12. The van der Waals surface area contributed by atoms with Gasteiger partial charge >= 0.3 is 0 Å². The molecule has 6 aromatic rings. The molecule has 0 aliphatic rings. The SMILES string of the molecule is C=O.c1cc[n+](-c2c[nH]c3ccccc23)cc1.c1cc[n+](-c2c[nH]c3ccccc23)cc1. The normalized spacial score (nSPS) is 10.1. The minimum Gasteiger partial charge on any atom is -0.355 e. The van der Waals surface area contributed by atoms with Crippen LogP contribution in [-0.2, 0) is 4.79 Å². The number of rotatable bonds is 2. The zero-order valence-electron chi connectivity index (χ0n) is 17.6. The van der Waals surface area contributed by atoms with Crippen LogP contribution < -0.4 is 9.13 Å². The first-order valence-corrected chi connectivity index (χ1v) is 10.2. The predicted octanol–water partition coefficient (Wildman–Crippen LogP) is 4.70. The molecule has 0 radical (unpaired) electrons. The van der Waals surface area contributed by atoms with E-state index >= 15 is 0 Å². The summed E-state index contributed by atoms with van der Waals surface area (Å²) in [4.78, 5) is 14.5. The molecule has 0 aliphatic carbocycles. The maximum Gasteiger partial charge on any atom is 0.236 e. The van der Waals surface area contributed by atoms with E-state index in [1.165, 1.54) is 33.2 Å². The minimum absolute atomic E-state index is 1.17. The number of pyridine rings is 2. The fourth-order valence-corrected chi connectivity index (χ4v) is 3.66. The number of aromatic nitrogens is 4. The van der Waals surface area contributed by atoms with Gasteiger partial charge in [0.1, 0.15) is 6.79 Å². The van der Waals surface area contributed by atoms with Crippen LogP contribution in [0.5, 0.6) is 0 Å². The van der Waals surface area contributed by atoms with Gasteiger partial charge in [-0.1, -0.05) is 36.4 Å². The van der Waals surface area contributed by atoms with E-state index in [0.717, 1.165) is 0 Å². The van der Waals surface area contributed by atoms with Crippen LogP contribution in [0.25, 0.3) is 33.2 Å². The molecule has 0 saturated heterocycles. The van der Waals surface area contributed by atoms with Crippen LogP contribution in [0.15, 0.2) is 122 Å². The smallest absolute Gasteiger partial charge is 0.236 e. The van der Waals surface area contributed by atoms with Gasteiger partial charge in [0.05, 0.1) is 34.2 Å². The van der Waals surface area contributed by atoms with E-state index in [1.807, 2.05) is 67.7 Å². The Bertz CT molecular complexity index is 1300. The summed E-state index contributed by atoms with van der Waals surface area (Å²) in [6.07, 6.45) is 12.3. The topological polar surface area (TPSA) is 56.4 Å². The van der Waals surface area contributed by atoms with E-state index in [1.54, 1.807) is 0 Å². The van der Waals surface area contributed by atoms with Gasteiger partial charge in [0, 0.05) is 24.3 Å². The summed E-state index contributed by atoms with van der Waals surface area (Å²) in [6, 6.07) is 28.8. The minimum atomic E-state index is 1.17. The van der Waals surface area contributed by atoms with Crippen molar-refractivity contribution in [3.8, 4) is 11.4 Å². The molecule has 0 spiro atoms. The van der Waals surface area contributed by atoms with Crippen LogP contribution >= 0.6 is 0 Å². The molecule has 0 atom stereocenters. The highest BCUT2D eigenvalue weighted by Crippen LogP contribution is 2.17. The van der Waals surface area contributed by atoms with E-state index in [2.05, 4.69) is 80.3 Å². The van der Waals surface area contributed by atoms with Crippen LogP contribution in [0, 0.1) is 0 Å². The molecule has 5 nitrogen and oxygen atoms in total. The Morgan fingerprint density at radius 2 is 0.875 bits per heavy atom. The highest BCUT2D eigenvalue weighted by Gasteiger charge is 2.11. The summed E-state index contributed by atoms with van der Waals surface area (Å²) < 4.78 is 4.22. The number of carbonyl (C=O) groups is 1. The summed E-state index contributed by atoms with van der Waals surface area (Å²) in [6.45, 7) is 2.00. The number of carbonyl (C=O) groups excluding carboxylic acids is 1. The number of H-pyrrole nitrogens is 2. The molecule has 32 heavy (non-hydrogen) atoms. The van der Waals surface area contributed by atoms with Crippen molar-refractivity contribution in [1.29, 1.82) is 0 Å². The van der Waals surface area contributed by atoms with Crippen LogP contribution in [-0.4, -0.2) is 16.8 Å². The van der Waals surface area contributed by atoms with Gasteiger partial charge < -0.3 is 14.8 Å². The number of para-hydroxylation sites is 2. The van der Waals surface area contributed by atoms with Crippen molar-refractivity contribution < 1.29 is 13.9 Å². The molecule has 2 N–H and O–H groups in total. The largest absolute Gasteiger partial charge is 0.355 e. The van der Waals surface area contributed by atoms with Crippen molar-refractivity contribution in [3.63, 3.8) is 0 Å². The summed E-state index contributed by atoms with van der Waals surface area (Å²) in [5.74, 6) is 0. The van der Waals surface area contributed by atoms with Gasteiger partial charge in [-0.15, -0.1) is 0 Å². The zero-order valence-corrected chi connectivity index (χ0v) is 17.6. The molecule has 0 aliphatic heterocycles. The molecule has 4 heterocycles. The van der Waals surface area contributed by atoms with Crippen LogP contribution in [0.2, 0.25) is 0 Å². The van der Waals surface area contributed by atoms with Crippen LogP contribution in [0.4, 0.5) is 0 Å². The summed E-state index contributed by atoms with van der Waals surface area (Å²) >= 11 is 0. The highest BCUT2D eigenvalue weighted by atomic mass is 16.1. The fraction of sp³-hybridized carbons (Fsp3) is 0. The molecule has 0 saturated carbocycles. The van der Waals surface area contributed by atoms with Crippen molar-refractivity contribution >= 4 is 28.6 Å². The molecule has 2 aromatic carbocycles. The Labute approximate surface area is 186 Å². The van der Waals surface area contributed by atoms with Crippen molar-refractivity contribution in [3.05, 3.63) is 122 Å². The number of hydrogen-bond acceptors (Lipinski definition) is 1. The first-order chi connectivity index (χ1) is 15.9. The molecule has 0 unspecified atom stereocenters. The second-order valence-electron chi connectivity index (χ2n) is 7.00. The van der Waals surface area contributed by atoms with E-state index < -0.39 is 0 Å². The van der Waals surface area contributed by atoms with Crippen LogP contribution in [0.1, 0.15) is 0 Å². The molecular formula is C27H24N4O+2. The Kier molecular flexibility index (Phi) is 6.48. The van der Waals surface area contributed by atoms with Crippen molar-refractivity contribution in [2.24, 2.45) is 0 Å². The average Bonchev–Trinajstić information content (AvgIpc) is 3.51. The van der Waals surface area contributed by atoms with E-state index in [9.17, 15) is 0 Å². The Hall–Kier alpha value is -4.51. The van der Waals surface area contributed by atoms with E-state index in [-0.39, 0.29) is 0 Å². The maximum absolute atomic E-state index is 8.00. The van der Waals surface area contributed by atoms with Gasteiger partial charge in [-0.05, 0) is 24.3 Å². The van der Waals surface area contributed by atoms with Crippen molar-refractivity contribution in [2.45, 2.75) is 0 Å². The average molecular weight is 421 g/mol. The zero-order chi connectivity index (χ0) is 22.2. The van der Waals surface area contributed by atoms with Gasteiger partial charge in [-0.2, -0.15) is 9.13 Å². The third kappa shape index (κ3) is 4.32. The van der Waals surface area contributed by atoms with Gasteiger partial charge in [-0.25, -0.2) is 0 Å². The molecule has 6 rings (SSSR count). The predicted molar refractivity (Wildman–Crippen MR) is 127 cm³/mol. The number of nitrogens with one attached hydrogen (secondary N) is 2. The first kappa shape index (κ1) is 20.8. The second kappa shape index (κ2) is 10.00. The summed E-state index contributed by atoms with van der Waals surface area (Å²) in [5.41, 5.74) is 4.71. The number of hydrogen-bond donors (Lipinski definition) is 2. The first-order valence-electron chi connectivity index (χ1n) is 10.2. The molecular weight excluding hydrogens is 396 g/mol. The lowest BCUT2D eigenvalue weighted by Gasteiger charge is -1.91. The van der Waals surface area contributed by atoms with E-state index in [0.29, 0.717) is 0 Å². The van der Waals surface area contributed by atoms with Gasteiger partial charge in [0.25, 0.3) is 0 Å². The molecule has 4 aromatic heterocycles. The maximum atomic E-state index is 8.00. The Morgan fingerprint density at radius 3 is 1.28 bits per heavy atom. The highest BCUT2D eigenvalue weighted by molar-refractivity contribution is 5.86. The van der Waals surface area contributed by atoms with Crippen LogP contribution in [0.3, 0.4) is 0 Å². The number of fused-ring (bicyclic) bond motifs is 2. The standard InChI is InChI=1S/2C13H11N2.CH2O/c2*1-4-8-15(9-5-1)13-10-14-12-7-3-2-6-11(12)13;1-2/h2*1-10,14H;1H2/q2*+1;. The lowest BCUT2D eigenvalue weighted by molar-refractivity contribution is -0.594. The third-order valence-corrected chi connectivity index (χ3v) is 5.12. The van der Waals surface area contributed by atoms with Gasteiger partial charge in [0.2, 0.25) is 11.4 Å². The fourth-order valence-electron chi connectivity index (χ4n) is 3.66. The molecule has 156 valence electrons. The second-order valence-corrected chi connectivity index (χ2v) is 7.00. The summed E-state index contributed by atoms with van der Waals surface area (Å²) in [5, 5.41) is 2.49. The number of nitrogens with zero attached hydrogens (tertiary/aromatic N) is 2. The van der Waals surface area contributed by atoms with Crippen molar-refractivity contribution in [1.82, 2.24) is 9.97 Å². The summed E-state index contributed by atoms with van der Waals surface area (Å²) in [7, 11) is 0. The molecule has 0 bridgehead atoms. The Balaban J connectivity index is 0.000000142. The Morgan fingerprint density at radius 1 is 0.500 bits per heavy atom. The van der Waals surface area contributed by atoms with E-state index in [4.69, 9.17) is 4.79 Å². The quantitative estimate of drug-likeness (QED) is 0.392.